The van der Waals surface area contributed by atoms with Crippen molar-refractivity contribution in [1.82, 2.24) is 5.01 Å². The summed E-state index contributed by atoms with van der Waals surface area (Å²) in [5.74, 6) is -2.19. The number of amides is 1. The van der Waals surface area contributed by atoms with Crippen LogP contribution < -0.4 is 4.90 Å². The number of carbonyl (C=O) groups excluding carboxylic acids is 1. The number of nitrogens with zero attached hydrogens (tertiary/aromatic N) is 3. The Morgan fingerprint density at radius 2 is 1.87 bits per heavy atom. The van der Waals surface area contributed by atoms with Gasteiger partial charge in [-0.3, -0.25) is 4.79 Å². The minimum Gasteiger partial charge on any atom is -0.378 e. The summed E-state index contributed by atoms with van der Waals surface area (Å²) in [7, 11) is 3.65. The number of rotatable bonds is 4. The van der Waals surface area contributed by atoms with Crippen LogP contribution >= 0.6 is 0 Å². The van der Waals surface area contributed by atoms with Gasteiger partial charge in [0.15, 0.2) is 0 Å². The van der Waals surface area contributed by atoms with E-state index in [0.717, 1.165) is 12.1 Å². The molecule has 1 heterocycles. The second kappa shape index (κ2) is 7.55. The summed E-state index contributed by atoms with van der Waals surface area (Å²) in [4.78, 5) is 14.8. The van der Waals surface area contributed by atoms with Crippen molar-refractivity contribution in [2.45, 2.75) is 58.4 Å². The van der Waals surface area contributed by atoms with Gasteiger partial charge < -0.3 is 10.0 Å². The number of fused-ring (bicyclic) bond motifs is 1. The third kappa shape index (κ3) is 3.59. The Kier molecular flexibility index (Phi) is 5.69. The van der Waals surface area contributed by atoms with Gasteiger partial charge in [0.25, 0.3) is 11.6 Å². The molecule has 1 fully saturated rings. The second-order valence-electron chi connectivity index (χ2n) is 9.24. The van der Waals surface area contributed by atoms with Crippen molar-refractivity contribution in [1.29, 1.82) is 0 Å². The van der Waals surface area contributed by atoms with Gasteiger partial charge in [-0.1, -0.05) is 27.2 Å². The van der Waals surface area contributed by atoms with Crippen molar-refractivity contribution < 1.29 is 23.1 Å². The topological polar surface area (TPSA) is 56.1 Å². The minimum absolute atomic E-state index is 0.00903. The molecular weight excluding hydrogens is 395 g/mol. The molecule has 1 saturated carbocycles. The highest BCUT2D eigenvalue weighted by molar-refractivity contribution is 5.99. The minimum atomic E-state index is -5.03. The molecule has 5 nitrogen and oxygen atoms in total. The van der Waals surface area contributed by atoms with E-state index < -0.39 is 23.7 Å². The van der Waals surface area contributed by atoms with Gasteiger partial charge in [0, 0.05) is 31.1 Å². The number of alkyl halides is 3. The van der Waals surface area contributed by atoms with Crippen LogP contribution in [0.2, 0.25) is 0 Å². The Hall–Kier alpha value is -2.09. The fraction of sp³-hybridized carbons (Fsp3) is 0.636. The molecule has 1 N–H and O–H groups in total. The lowest BCUT2D eigenvalue weighted by molar-refractivity contribution is -0.314. The smallest absolute Gasteiger partial charge is 0.378 e. The Morgan fingerprint density at radius 1 is 1.27 bits per heavy atom. The highest BCUT2D eigenvalue weighted by Gasteiger charge is 2.69. The summed E-state index contributed by atoms with van der Waals surface area (Å²) in [6, 6.07) is 6.21. The third-order valence-electron chi connectivity index (χ3n) is 6.97. The van der Waals surface area contributed by atoms with Gasteiger partial charge in [-0.05, 0) is 54.9 Å². The molecule has 3 rings (SSSR count). The van der Waals surface area contributed by atoms with Crippen LogP contribution in [-0.4, -0.2) is 47.7 Å². The van der Waals surface area contributed by atoms with Crippen molar-refractivity contribution >= 4 is 17.3 Å². The van der Waals surface area contributed by atoms with E-state index in [1.54, 1.807) is 12.1 Å². The molecule has 0 aromatic heterocycles. The summed E-state index contributed by atoms with van der Waals surface area (Å²) in [5.41, 5.74) is -2.36. The van der Waals surface area contributed by atoms with E-state index in [-0.39, 0.29) is 34.0 Å². The van der Waals surface area contributed by atoms with E-state index in [9.17, 15) is 23.1 Å². The molecule has 0 radical (unpaired) electrons. The van der Waals surface area contributed by atoms with Crippen molar-refractivity contribution in [2.75, 3.05) is 19.0 Å². The number of halogens is 3. The first-order valence-electron chi connectivity index (χ1n) is 10.3. The molecule has 0 saturated heterocycles. The summed E-state index contributed by atoms with van der Waals surface area (Å²) >= 11 is 0. The van der Waals surface area contributed by atoms with Crippen LogP contribution in [0.4, 0.5) is 18.9 Å². The maximum Gasteiger partial charge on any atom is 0.439 e. The lowest BCUT2D eigenvalue weighted by Gasteiger charge is -2.43. The molecular formula is C22H30F3N3O2. The SMILES string of the molecule is CCC(C)(C)[C@@H]1CCC2=NN(C(=O)c3ccc(N(C)C)cc3)[C@](O)(C(F)(F)F)[C@@H]2C1. The third-order valence-corrected chi connectivity index (χ3v) is 6.97. The predicted octanol–water partition coefficient (Wildman–Crippen LogP) is 4.67. The average molecular weight is 425 g/mol. The van der Waals surface area contributed by atoms with Crippen LogP contribution in [0.25, 0.3) is 0 Å². The summed E-state index contributed by atoms with van der Waals surface area (Å²) < 4.78 is 42.6. The van der Waals surface area contributed by atoms with Gasteiger partial charge in [-0.25, -0.2) is 0 Å². The monoisotopic (exact) mass is 425 g/mol. The molecule has 3 atom stereocenters. The molecule has 1 aromatic rings. The number of hydrogen-bond donors (Lipinski definition) is 1. The number of anilines is 1. The van der Waals surface area contributed by atoms with Gasteiger partial charge in [0.1, 0.15) is 0 Å². The predicted molar refractivity (Wildman–Crippen MR) is 110 cm³/mol. The van der Waals surface area contributed by atoms with E-state index >= 15 is 0 Å². The molecule has 0 bridgehead atoms. The normalized spacial score (nSPS) is 27.0. The Bertz CT molecular complexity index is 833. The lowest BCUT2D eigenvalue weighted by atomic mass is 9.64. The number of benzene rings is 1. The van der Waals surface area contributed by atoms with Gasteiger partial charge in [-0.15, -0.1) is 0 Å². The number of hydrazone groups is 1. The summed E-state index contributed by atoms with van der Waals surface area (Å²) in [6.07, 6.45) is -3.01. The zero-order valence-corrected chi connectivity index (χ0v) is 18.1. The molecule has 0 spiro atoms. The molecule has 166 valence electrons. The quantitative estimate of drug-likeness (QED) is 0.763. The van der Waals surface area contributed by atoms with E-state index in [4.69, 9.17) is 0 Å². The van der Waals surface area contributed by atoms with Crippen molar-refractivity contribution in [3.63, 3.8) is 0 Å². The molecule has 1 aliphatic carbocycles. The van der Waals surface area contributed by atoms with Crippen LogP contribution in [0.3, 0.4) is 0 Å². The zero-order chi connectivity index (χ0) is 22.5. The maximum atomic E-state index is 14.2. The van der Waals surface area contributed by atoms with Gasteiger partial charge >= 0.3 is 6.18 Å². The zero-order valence-electron chi connectivity index (χ0n) is 18.1. The Balaban J connectivity index is 1.97. The average Bonchev–Trinajstić information content (AvgIpc) is 3.01. The maximum absolute atomic E-state index is 14.2. The lowest BCUT2D eigenvalue weighted by Crippen LogP contribution is -2.62. The van der Waals surface area contributed by atoms with Crippen LogP contribution in [0.5, 0.6) is 0 Å². The van der Waals surface area contributed by atoms with E-state index in [0.29, 0.717) is 12.8 Å². The molecule has 30 heavy (non-hydrogen) atoms. The standard InChI is InChI=1S/C22H30F3N3O2/c1-6-20(2,3)15-9-12-18-17(13-15)21(30,22(23,24)25)28(26-18)19(29)14-7-10-16(11-8-14)27(4)5/h7-8,10-11,15,17,30H,6,9,12-13H2,1-5H3/t15-,17-,21-/m1/s1. The van der Waals surface area contributed by atoms with E-state index in [2.05, 4.69) is 5.10 Å². The Morgan fingerprint density at radius 3 is 2.37 bits per heavy atom. The van der Waals surface area contributed by atoms with Crippen molar-refractivity contribution in [3.05, 3.63) is 29.8 Å². The number of aliphatic hydroxyl groups is 1. The fourth-order valence-electron chi connectivity index (χ4n) is 4.44. The second-order valence-corrected chi connectivity index (χ2v) is 9.24. The molecule has 2 aliphatic rings. The van der Waals surface area contributed by atoms with Crippen molar-refractivity contribution in [3.8, 4) is 0 Å². The summed E-state index contributed by atoms with van der Waals surface area (Å²) in [5, 5.41) is 15.3. The number of hydrogen-bond acceptors (Lipinski definition) is 4. The molecule has 1 amide bonds. The van der Waals surface area contributed by atoms with Crippen molar-refractivity contribution in [2.24, 2.45) is 22.4 Å². The first kappa shape index (κ1) is 22.6. The van der Waals surface area contributed by atoms with Gasteiger partial charge in [-0.2, -0.15) is 23.3 Å². The summed E-state index contributed by atoms with van der Waals surface area (Å²) in [6.45, 7) is 6.09. The van der Waals surface area contributed by atoms with Crippen LogP contribution in [0.15, 0.2) is 29.4 Å². The van der Waals surface area contributed by atoms with E-state index in [1.165, 1.54) is 12.1 Å². The first-order valence-corrected chi connectivity index (χ1v) is 10.3. The van der Waals surface area contributed by atoms with Gasteiger partial charge in [0.2, 0.25) is 0 Å². The Labute approximate surface area is 175 Å². The molecule has 1 aliphatic heterocycles. The number of carbonyl (C=O) groups is 1. The van der Waals surface area contributed by atoms with E-state index in [1.807, 2.05) is 39.8 Å². The highest BCUT2D eigenvalue weighted by Crippen LogP contribution is 2.52. The van der Waals surface area contributed by atoms with Crippen LogP contribution in [0, 0.1) is 17.3 Å². The largest absolute Gasteiger partial charge is 0.439 e. The first-order chi connectivity index (χ1) is 13.8. The fourth-order valence-corrected chi connectivity index (χ4v) is 4.44. The molecule has 1 aromatic carbocycles. The highest BCUT2D eigenvalue weighted by atomic mass is 19.4. The molecule has 8 heteroatoms. The van der Waals surface area contributed by atoms with Crippen LogP contribution in [-0.2, 0) is 0 Å². The molecule has 0 unspecified atom stereocenters. The van der Waals surface area contributed by atoms with Crippen LogP contribution in [0.1, 0.15) is 56.8 Å². The van der Waals surface area contributed by atoms with Gasteiger partial charge in [0.05, 0.1) is 5.92 Å².